The molecular weight excluding hydrogens is 555 g/mol. The van der Waals surface area contributed by atoms with Gasteiger partial charge in [-0.2, -0.15) is 13.2 Å². The first-order chi connectivity index (χ1) is 18.4. The van der Waals surface area contributed by atoms with Gasteiger partial charge >= 0.3 is 6.18 Å². The van der Waals surface area contributed by atoms with Crippen LogP contribution >= 0.6 is 11.6 Å². The molecule has 3 rings (SSSR count). The maximum absolute atomic E-state index is 13.8. The number of anilines is 1. The fraction of sp³-hybridized carbons (Fsp3) is 0.259. The first-order valence-corrected chi connectivity index (χ1v) is 13.7. The van der Waals surface area contributed by atoms with Gasteiger partial charge in [0.05, 0.1) is 16.1 Å². The Labute approximate surface area is 230 Å². The fourth-order valence-electron chi connectivity index (χ4n) is 3.96. The van der Waals surface area contributed by atoms with Crippen LogP contribution in [0.1, 0.15) is 24.5 Å². The number of alkyl halides is 3. The average molecular weight is 582 g/mol. The van der Waals surface area contributed by atoms with Crippen molar-refractivity contribution in [3.05, 3.63) is 95.0 Å². The minimum absolute atomic E-state index is 0.0657. The van der Waals surface area contributed by atoms with Crippen molar-refractivity contribution < 1.29 is 31.2 Å². The topological polar surface area (TPSA) is 86.8 Å². The van der Waals surface area contributed by atoms with Crippen molar-refractivity contribution in [1.82, 2.24) is 10.2 Å². The molecule has 7 nitrogen and oxygen atoms in total. The van der Waals surface area contributed by atoms with Crippen LogP contribution in [0.5, 0.6) is 0 Å². The summed E-state index contributed by atoms with van der Waals surface area (Å²) < 4.78 is 68.4. The molecule has 1 N–H and O–H groups in total. The third-order valence-corrected chi connectivity index (χ3v) is 8.01. The summed E-state index contributed by atoms with van der Waals surface area (Å²) in [4.78, 5) is 27.5. The Morgan fingerprint density at radius 1 is 0.974 bits per heavy atom. The second-order valence-corrected chi connectivity index (χ2v) is 10.9. The Morgan fingerprint density at radius 3 is 2.18 bits per heavy atom. The number of nitrogens with zero attached hydrogens (tertiary/aromatic N) is 2. The van der Waals surface area contributed by atoms with Crippen LogP contribution in [0.2, 0.25) is 5.02 Å². The molecular formula is C27H27ClF3N3O4S. The summed E-state index contributed by atoms with van der Waals surface area (Å²) in [6, 6.07) is 16.4. The van der Waals surface area contributed by atoms with Gasteiger partial charge in [-0.05, 0) is 54.4 Å². The molecule has 0 aliphatic rings. The number of benzene rings is 3. The van der Waals surface area contributed by atoms with E-state index in [1.807, 2.05) is 0 Å². The highest BCUT2D eigenvalue weighted by atomic mass is 35.5. The van der Waals surface area contributed by atoms with E-state index >= 15 is 0 Å². The molecule has 0 aliphatic carbocycles. The molecule has 0 radical (unpaired) electrons. The molecule has 12 heteroatoms. The minimum atomic E-state index is -4.74. The molecule has 3 aromatic rings. The largest absolute Gasteiger partial charge is 0.416 e. The van der Waals surface area contributed by atoms with Crippen molar-refractivity contribution in [2.24, 2.45) is 0 Å². The third kappa shape index (κ3) is 7.30. The SMILES string of the molecule is CC[C@H](C(=O)NC)N(Cc1ccc(Cl)cc1)C(=O)CN(c1cccc(C(F)(F)F)c1)S(=O)(=O)c1ccccc1. The van der Waals surface area contributed by atoms with E-state index in [4.69, 9.17) is 11.6 Å². The zero-order chi connectivity index (χ0) is 28.8. The number of nitrogens with one attached hydrogen (secondary N) is 1. The highest BCUT2D eigenvalue weighted by molar-refractivity contribution is 7.92. The molecule has 3 aromatic carbocycles. The summed E-state index contributed by atoms with van der Waals surface area (Å²) in [7, 11) is -3.07. The number of amides is 2. The zero-order valence-corrected chi connectivity index (χ0v) is 22.7. The maximum atomic E-state index is 13.8. The molecule has 0 aliphatic heterocycles. The van der Waals surface area contributed by atoms with Gasteiger partial charge in [-0.1, -0.05) is 54.9 Å². The summed E-state index contributed by atoms with van der Waals surface area (Å²) in [5, 5.41) is 2.96. The van der Waals surface area contributed by atoms with Crippen LogP contribution in [-0.4, -0.2) is 44.8 Å². The van der Waals surface area contributed by atoms with Crippen molar-refractivity contribution in [3.8, 4) is 0 Å². The van der Waals surface area contributed by atoms with Crippen molar-refractivity contribution >= 4 is 39.1 Å². The molecule has 1 atom stereocenters. The highest BCUT2D eigenvalue weighted by Crippen LogP contribution is 2.33. The Morgan fingerprint density at radius 2 is 1.62 bits per heavy atom. The summed E-state index contributed by atoms with van der Waals surface area (Å²) in [6.07, 6.45) is -4.54. The van der Waals surface area contributed by atoms with E-state index in [2.05, 4.69) is 5.32 Å². The molecule has 0 heterocycles. The van der Waals surface area contributed by atoms with Gasteiger partial charge in [-0.15, -0.1) is 0 Å². The maximum Gasteiger partial charge on any atom is 0.416 e. The van der Waals surface area contributed by atoms with E-state index in [0.29, 0.717) is 21.0 Å². The molecule has 0 aromatic heterocycles. The number of carbonyl (C=O) groups excluding carboxylic acids is 2. The quantitative estimate of drug-likeness (QED) is 0.361. The summed E-state index contributed by atoms with van der Waals surface area (Å²) in [5.74, 6) is -1.26. The van der Waals surface area contributed by atoms with Gasteiger partial charge in [-0.25, -0.2) is 8.42 Å². The van der Waals surface area contributed by atoms with Crippen LogP contribution in [0.15, 0.2) is 83.8 Å². The van der Waals surface area contributed by atoms with E-state index in [9.17, 15) is 31.2 Å². The molecule has 0 saturated heterocycles. The summed E-state index contributed by atoms with van der Waals surface area (Å²) >= 11 is 5.97. The normalized spacial score (nSPS) is 12.5. The van der Waals surface area contributed by atoms with Gasteiger partial charge in [0.15, 0.2) is 0 Å². The highest BCUT2D eigenvalue weighted by Gasteiger charge is 2.35. The van der Waals surface area contributed by atoms with Gasteiger partial charge in [0.1, 0.15) is 12.6 Å². The van der Waals surface area contributed by atoms with E-state index in [-0.39, 0.29) is 23.5 Å². The molecule has 0 bridgehead atoms. The lowest BCUT2D eigenvalue weighted by atomic mass is 10.1. The van der Waals surface area contributed by atoms with E-state index in [1.54, 1.807) is 37.3 Å². The Hall–Kier alpha value is -3.57. The van der Waals surface area contributed by atoms with Crippen LogP contribution in [0.3, 0.4) is 0 Å². The standard InChI is InChI=1S/C27H27ClF3N3O4S/c1-3-24(26(36)32-2)33(17-19-12-14-21(28)15-13-19)25(35)18-34(39(37,38)23-10-5-4-6-11-23)22-9-7-8-20(16-22)27(29,30)31/h4-16,24H,3,17-18H2,1-2H3,(H,32,36)/t24-/m1/s1. The van der Waals surface area contributed by atoms with E-state index in [1.165, 1.54) is 42.3 Å². The molecule has 0 fully saturated rings. The van der Waals surface area contributed by atoms with Crippen LogP contribution < -0.4 is 9.62 Å². The first-order valence-electron chi connectivity index (χ1n) is 11.9. The van der Waals surface area contributed by atoms with Crippen LogP contribution in [0.25, 0.3) is 0 Å². The Kier molecular flexibility index (Phi) is 9.63. The molecule has 39 heavy (non-hydrogen) atoms. The van der Waals surface area contributed by atoms with Crippen LogP contribution in [0.4, 0.5) is 18.9 Å². The Bertz CT molecular complexity index is 1400. The van der Waals surface area contributed by atoms with Gasteiger partial charge in [0.25, 0.3) is 10.0 Å². The number of likely N-dealkylation sites (N-methyl/N-ethyl adjacent to an activating group) is 1. The molecule has 208 valence electrons. The molecule has 0 unspecified atom stereocenters. The van der Waals surface area contributed by atoms with Gasteiger partial charge in [0.2, 0.25) is 11.8 Å². The lowest BCUT2D eigenvalue weighted by molar-refractivity contribution is -0.140. The van der Waals surface area contributed by atoms with Crippen molar-refractivity contribution in [2.45, 2.75) is 37.0 Å². The van der Waals surface area contributed by atoms with Crippen molar-refractivity contribution in [3.63, 3.8) is 0 Å². The van der Waals surface area contributed by atoms with Gasteiger partial charge in [0, 0.05) is 18.6 Å². The zero-order valence-electron chi connectivity index (χ0n) is 21.2. The number of hydrogen-bond donors (Lipinski definition) is 1. The van der Waals surface area contributed by atoms with Crippen LogP contribution in [-0.2, 0) is 32.3 Å². The van der Waals surface area contributed by atoms with Crippen LogP contribution in [0, 0.1) is 0 Å². The van der Waals surface area contributed by atoms with E-state index in [0.717, 1.165) is 12.1 Å². The van der Waals surface area contributed by atoms with E-state index < -0.39 is 46.2 Å². The molecule has 0 saturated carbocycles. The smallest absolute Gasteiger partial charge is 0.357 e. The molecule has 2 amide bonds. The fourth-order valence-corrected chi connectivity index (χ4v) is 5.51. The van der Waals surface area contributed by atoms with Crippen molar-refractivity contribution in [2.75, 3.05) is 17.9 Å². The number of sulfonamides is 1. The second kappa shape index (κ2) is 12.5. The number of carbonyl (C=O) groups is 2. The third-order valence-electron chi connectivity index (χ3n) is 5.97. The summed E-state index contributed by atoms with van der Waals surface area (Å²) in [5.41, 5.74) is -0.802. The molecule has 0 spiro atoms. The lowest BCUT2D eigenvalue weighted by Gasteiger charge is -2.33. The Balaban J connectivity index is 2.10. The average Bonchev–Trinajstić information content (AvgIpc) is 2.92. The predicted molar refractivity (Wildman–Crippen MR) is 143 cm³/mol. The minimum Gasteiger partial charge on any atom is -0.357 e. The monoisotopic (exact) mass is 581 g/mol. The summed E-state index contributed by atoms with van der Waals surface area (Å²) in [6.45, 7) is 0.775. The van der Waals surface area contributed by atoms with Crippen molar-refractivity contribution in [1.29, 1.82) is 0 Å². The van der Waals surface area contributed by atoms with Gasteiger partial charge < -0.3 is 10.2 Å². The lowest BCUT2D eigenvalue weighted by Crippen LogP contribution is -2.51. The predicted octanol–water partition coefficient (Wildman–Crippen LogP) is 5.11. The second-order valence-electron chi connectivity index (χ2n) is 8.56. The number of halogens is 4. The first kappa shape index (κ1) is 30.0. The number of rotatable bonds is 10. The number of hydrogen-bond acceptors (Lipinski definition) is 4. The van der Waals surface area contributed by atoms with Gasteiger partial charge in [-0.3, -0.25) is 13.9 Å².